The quantitative estimate of drug-likeness (QED) is 0.744. The molecule has 0 radical (unpaired) electrons. The number of para-hydroxylation sites is 1. The van der Waals surface area contributed by atoms with Crippen molar-refractivity contribution in [2.24, 2.45) is 13.0 Å². The Morgan fingerprint density at radius 2 is 2.14 bits per heavy atom. The fourth-order valence-corrected chi connectivity index (χ4v) is 3.34. The van der Waals surface area contributed by atoms with Crippen LogP contribution >= 0.6 is 0 Å². The normalized spacial score (nSPS) is 18.2. The van der Waals surface area contributed by atoms with Crippen LogP contribution < -0.4 is 4.90 Å². The largest absolute Gasteiger partial charge is 0.356 e. The number of aromatic nitrogens is 4. The summed E-state index contributed by atoms with van der Waals surface area (Å²) in [6.45, 7) is 2.11. The smallest absolute Gasteiger partial charge is 0.139 e. The highest BCUT2D eigenvalue weighted by Gasteiger charge is 2.25. The molecule has 112 valence electrons. The van der Waals surface area contributed by atoms with E-state index in [4.69, 9.17) is 0 Å². The summed E-state index contributed by atoms with van der Waals surface area (Å²) in [4.78, 5) is 11.3. The Balaban J connectivity index is 1.54. The molecule has 0 saturated carbocycles. The topological polar surface area (TPSA) is 46.8 Å². The van der Waals surface area contributed by atoms with Crippen LogP contribution in [-0.2, 0) is 13.5 Å². The van der Waals surface area contributed by atoms with Crippen molar-refractivity contribution < 1.29 is 0 Å². The first-order valence-electron chi connectivity index (χ1n) is 7.72. The zero-order chi connectivity index (χ0) is 14.9. The zero-order valence-electron chi connectivity index (χ0n) is 12.7. The highest BCUT2D eigenvalue weighted by Crippen LogP contribution is 2.29. The van der Waals surface area contributed by atoms with Gasteiger partial charge in [0.1, 0.15) is 12.1 Å². The number of hydrogen-bond donors (Lipinski definition) is 0. The van der Waals surface area contributed by atoms with Gasteiger partial charge in [-0.05, 0) is 36.5 Å². The van der Waals surface area contributed by atoms with E-state index in [0.29, 0.717) is 5.92 Å². The van der Waals surface area contributed by atoms with Gasteiger partial charge >= 0.3 is 0 Å². The summed E-state index contributed by atoms with van der Waals surface area (Å²) in [6.07, 6.45) is 8.05. The molecule has 1 unspecified atom stereocenters. The lowest BCUT2D eigenvalue weighted by Crippen LogP contribution is -2.21. The van der Waals surface area contributed by atoms with Crippen LogP contribution in [0.3, 0.4) is 0 Å². The van der Waals surface area contributed by atoms with E-state index in [1.807, 2.05) is 30.1 Å². The van der Waals surface area contributed by atoms with Crippen LogP contribution in [0.1, 0.15) is 12.0 Å². The Morgan fingerprint density at radius 3 is 3.00 bits per heavy atom. The number of hydrogen-bond acceptors (Lipinski definition) is 4. The second-order valence-electron chi connectivity index (χ2n) is 6.04. The van der Waals surface area contributed by atoms with Gasteiger partial charge in [-0.3, -0.25) is 4.68 Å². The highest BCUT2D eigenvalue weighted by molar-refractivity contribution is 5.89. The molecule has 3 heterocycles. The molecule has 4 rings (SSSR count). The molecule has 2 aromatic heterocycles. The van der Waals surface area contributed by atoms with Crippen LogP contribution in [0.2, 0.25) is 0 Å². The van der Waals surface area contributed by atoms with Crippen LogP contribution in [0.25, 0.3) is 10.9 Å². The summed E-state index contributed by atoms with van der Waals surface area (Å²) in [6, 6.07) is 8.23. The fraction of sp³-hybridized carbons (Fsp3) is 0.353. The van der Waals surface area contributed by atoms with Crippen LogP contribution in [0.5, 0.6) is 0 Å². The lowest BCUT2D eigenvalue weighted by atomic mass is 10.0. The van der Waals surface area contributed by atoms with Crippen molar-refractivity contribution in [3.8, 4) is 0 Å². The van der Waals surface area contributed by atoms with Crippen molar-refractivity contribution in [2.45, 2.75) is 12.8 Å². The molecule has 1 aliphatic rings. The third-order valence-corrected chi connectivity index (χ3v) is 4.39. The molecule has 5 heteroatoms. The lowest BCUT2D eigenvalue weighted by Gasteiger charge is -2.19. The maximum Gasteiger partial charge on any atom is 0.139 e. The van der Waals surface area contributed by atoms with Gasteiger partial charge in [0, 0.05) is 31.7 Å². The van der Waals surface area contributed by atoms with E-state index >= 15 is 0 Å². The molecular weight excluding hydrogens is 274 g/mol. The molecule has 0 N–H and O–H groups in total. The minimum atomic E-state index is 0.665. The molecule has 1 saturated heterocycles. The molecule has 1 atom stereocenters. The second-order valence-corrected chi connectivity index (χ2v) is 6.04. The van der Waals surface area contributed by atoms with Crippen molar-refractivity contribution in [2.75, 3.05) is 18.0 Å². The van der Waals surface area contributed by atoms with Crippen LogP contribution in [0.15, 0.2) is 43.0 Å². The van der Waals surface area contributed by atoms with Crippen molar-refractivity contribution in [3.63, 3.8) is 0 Å². The Kier molecular flexibility index (Phi) is 3.25. The van der Waals surface area contributed by atoms with Crippen molar-refractivity contribution >= 4 is 16.7 Å². The lowest BCUT2D eigenvalue weighted by molar-refractivity contribution is 0.586. The average molecular weight is 293 g/mol. The molecule has 0 amide bonds. The number of fused-ring (bicyclic) bond motifs is 1. The average Bonchev–Trinajstić information content (AvgIpc) is 3.16. The van der Waals surface area contributed by atoms with E-state index in [-0.39, 0.29) is 0 Å². The van der Waals surface area contributed by atoms with Gasteiger partial charge in [-0.25, -0.2) is 9.97 Å². The van der Waals surface area contributed by atoms with Gasteiger partial charge in [0.15, 0.2) is 0 Å². The number of nitrogens with zero attached hydrogens (tertiary/aromatic N) is 5. The van der Waals surface area contributed by atoms with Crippen molar-refractivity contribution in [3.05, 3.63) is 48.5 Å². The molecule has 0 aliphatic carbocycles. The maximum absolute atomic E-state index is 4.53. The van der Waals surface area contributed by atoms with Gasteiger partial charge in [0.05, 0.1) is 11.7 Å². The van der Waals surface area contributed by atoms with Gasteiger partial charge in [-0.15, -0.1) is 0 Å². The summed E-state index contributed by atoms with van der Waals surface area (Å²) in [5, 5.41) is 5.40. The molecule has 1 fully saturated rings. The number of aryl methyl sites for hydroxylation is 1. The number of anilines is 1. The predicted molar refractivity (Wildman–Crippen MR) is 86.8 cm³/mol. The van der Waals surface area contributed by atoms with E-state index in [1.54, 1.807) is 6.33 Å². The van der Waals surface area contributed by atoms with Gasteiger partial charge in [-0.2, -0.15) is 5.10 Å². The zero-order valence-corrected chi connectivity index (χ0v) is 12.7. The molecule has 0 bridgehead atoms. The van der Waals surface area contributed by atoms with Crippen LogP contribution in [0, 0.1) is 5.92 Å². The third kappa shape index (κ3) is 2.43. The Hall–Kier alpha value is -2.43. The number of benzene rings is 1. The molecule has 0 spiro atoms. The first kappa shape index (κ1) is 13.2. The van der Waals surface area contributed by atoms with Crippen molar-refractivity contribution in [1.29, 1.82) is 0 Å². The Labute approximate surface area is 129 Å². The van der Waals surface area contributed by atoms with E-state index in [9.17, 15) is 0 Å². The molecular formula is C17H19N5. The maximum atomic E-state index is 4.53. The molecule has 22 heavy (non-hydrogen) atoms. The van der Waals surface area contributed by atoms with E-state index in [2.05, 4.69) is 38.3 Å². The highest BCUT2D eigenvalue weighted by atomic mass is 15.2. The second kappa shape index (κ2) is 5.40. The Bertz CT molecular complexity index is 789. The third-order valence-electron chi connectivity index (χ3n) is 4.39. The molecule has 3 aromatic rings. The SMILES string of the molecule is Cn1cc(CC2CCN(c3ncnc4ccccc34)C2)cn1. The van der Waals surface area contributed by atoms with Crippen molar-refractivity contribution in [1.82, 2.24) is 19.7 Å². The van der Waals surface area contributed by atoms with Crippen LogP contribution in [0.4, 0.5) is 5.82 Å². The van der Waals surface area contributed by atoms with E-state index in [0.717, 1.165) is 36.2 Å². The molecule has 1 aromatic carbocycles. The Morgan fingerprint density at radius 1 is 1.23 bits per heavy atom. The summed E-state index contributed by atoms with van der Waals surface area (Å²) in [5.74, 6) is 1.73. The first-order valence-corrected chi connectivity index (χ1v) is 7.72. The summed E-state index contributed by atoms with van der Waals surface area (Å²) in [7, 11) is 1.97. The predicted octanol–water partition coefficient (Wildman–Crippen LogP) is 2.43. The fourth-order valence-electron chi connectivity index (χ4n) is 3.34. The minimum absolute atomic E-state index is 0.665. The van der Waals surface area contributed by atoms with Gasteiger partial charge in [-0.1, -0.05) is 12.1 Å². The van der Waals surface area contributed by atoms with E-state index < -0.39 is 0 Å². The first-order chi connectivity index (χ1) is 10.8. The number of rotatable bonds is 3. The van der Waals surface area contributed by atoms with E-state index in [1.165, 1.54) is 12.0 Å². The monoisotopic (exact) mass is 293 g/mol. The van der Waals surface area contributed by atoms with Gasteiger partial charge in [0.25, 0.3) is 0 Å². The van der Waals surface area contributed by atoms with Crippen LogP contribution in [-0.4, -0.2) is 32.8 Å². The van der Waals surface area contributed by atoms with Gasteiger partial charge < -0.3 is 4.90 Å². The van der Waals surface area contributed by atoms with Gasteiger partial charge in [0.2, 0.25) is 0 Å². The summed E-state index contributed by atoms with van der Waals surface area (Å²) >= 11 is 0. The minimum Gasteiger partial charge on any atom is -0.356 e. The summed E-state index contributed by atoms with van der Waals surface area (Å²) in [5.41, 5.74) is 2.34. The molecule has 5 nitrogen and oxygen atoms in total. The molecule has 1 aliphatic heterocycles. The standard InChI is InChI=1S/C17H19N5/c1-21-10-14(9-20-21)8-13-6-7-22(11-13)17-15-4-2-3-5-16(15)18-12-19-17/h2-5,9-10,12-13H,6-8,11H2,1H3. The summed E-state index contributed by atoms with van der Waals surface area (Å²) < 4.78 is 1.87.